The van der Waals surface area contributed by atoms with Crippen molar-refractivity contribution in [1.82, 2.24) is 5.43 Å². The van der Waals surface area contributed by atoms with Gasteiger partial charge in [0, 0.05) is 15.4 Å². The number of hydrogen-bond acceptors (Lipinski definition) is 4. The first-order chi connectivity index (χ1) is 12.5. The zero-order chi connectivity index (χ0) is 18.5. The van der Waals surface area contributed by atoms with E-state index >= 15 is 0 Å². The van der Waals surface area contributed by atoms with Crippen LogP contribution in [0.15, 0.2) is 70.2 Å². The van der Waals surface area contributed by atoms with Crippen LogP contribution in [-0.4, -0.2) is 23.3 Å². The third-order valence-electron chi connectivity index (χ3n) is 3.80. The fraction of sp³-hybridized carbons (Fsp3) is 0.100. The Balaban J connectivity index is 1.66. The van der Waals surface area contributed by atoms with E-state index in [0.717, 1.165) is 15.2 Å². The van der Waals surface area contributed by atoms with E-state index in [2.05, 4.69) is 26.5 Å². The van der Waals surface area contributed by atoms with E-state index in [1.54, 1.807) is 25.1 Å². The van der Waals surface area contributed by atoms with Gasteiger partial charge < -0.3 is 9.84 Å². The highest BCUT2D eigenvalue weighted by Crippen LogP contribution is 2.28. The number of ether oxygens (including phenoxy) is 1. The highest BCUT2D eigenvalue weighted by Gasteiger charge is 2.09. The van der Waals surface area contributed by atoms with Gasteiger partial charge in [0.2, 0.25) is 0 Å². The largest absolute Gasteiger partial charge is 0.507 e. The van der Waals surface area contributed by atoms with Gasteiger partial charge in [0.05, 0.1) is 5.71 Å². The lowest BCUT2D eigenvalue weighted by Crippen LogP contribution is -2.25. The first-order valence-electron chi connectivity index (χ1n) is 7.97. The summed E-state index contributed by atoms with van der Waals surface area (Å²) in [6, 6.07) is 18.4. The summed E-state index contributed by atoms with van der Waals surface area (Å²) in [7, 11) is 0. The van der Waals surface area contributed by atoms with E-state index in [-0.39, 0.29) is 18.3 Å². The second kappa shape index (κ2) is 8.01. The molecule has 132 valence electrons. The molecule has 0 saturated carbocycles. The lowest BCUT2D eigenvalue weighted by molar-refractivity contribution is -0.123. The first kappa shape index (κ1) is 17.9. The Morgan fingerprint density at radius 3 is 2.77 bits per heavy atom. The number of halogens is 1. The van der Waals surface area contributed by atoms with Crippen LogP contribution in [0.4, 0.5) is 0 Å². The number of phenols is 1. The van der Waals surface area contributed by atoms with Crippen molar-refractivity contribution in [3.8, 4) is 11.5 Å². The number of fused-ring (bicyclic) bond motifs is 1. The maximum Gasteiger partial charge on any atom is 0.277 e. The Hall–Kier alpha value is -2.86. The van der Waals surface area contributed by atoms with Crippen molar-refractivity contribution in [3.05, 3.63) is 70.7 Å². The Morgan fingerprint density at radius 1 is 1.15 bits per heavy atom. The molecule has 0 aliphatic rings. The minimum absolute atomic E-state index is 0.143. The van der Waals surface area contributed by atoms with Gasteiger partial charge in [-0.3, -0.25) is 4.79 Å². The van der Waals surface area contributed by atoms with Crippen LogP contribution in [0, 0.1) is 0 Å². The molecule has 0 bridgehead atoms. The Morgan fingerprint density at radius 2 is 1.96 bits per heavy atom. The number of aromatic hydroxyl groups is 1. The molecule has 3 aromatic rings. The summed E-state index contributed by atoms with van der Waals surface area (Å²) in [5.74, 6) is 0.344. The molecule has 6 heteroatoms. The number of nitrogens with zero attached hydrogens (tertiary/aromatic N) is 1. The van der Waals surface area contributed by atoms with Crippen LogP contribution in [0.5, 0.6) is 11.5 Å². The van der Waals surface area contributed by atoms with E-state index in [9.17, 15) is 9.90 Å². The molecule has 0 aliphatic heterocycles. The molecule has 5 nitrogen and oxygen atoms in total. The number of benzene rings is 3. The number of carbonyl (C=O) groups excluding carboxylic acids is 1. The second-order valence-corrected chi connectivity index (χ2v) is 6.58. The maximum atomic E-state index is 11.9. The zero-order valence-corrected chi connectivity index (χ0v) is 15.7. The molecule has 3 aromatic carbocycles. The number of phenolic OH excluding ortho intramolecular Hbond substituents is 1. The van der Waals surface area contributed by atoms with E-state index in [4.69, 9.17) is 4.74 Å². The van der Waals surface area contributed by atoms with Crippen LogP contribution in [0.1, 0.15) is 12.5 Å². The summed E-state index contributed by atoms with van der Waals surface area (Å²) in [4.78, 5) is 11.9. The third-order valence-corrected chi connectivity index (χ3v) is 4.30. The van der Waals surface area contributed by atoms with Gasteiger partial charge in [-0.2, -0.15) is 5.10 Å². The summed E-state index contributed by atoms with van der Waals surface area (Å²) in [6.07, 6.45) is 0. The number of rotatable bonds is 5. The molecule has 0 atom stereocenters. The van der Waals surface area contributed by atoms with Gasteiger partial charge >= 0.3 is 0 Å². The monoisotopic (exact) mass is 412 g/mol. The van der Waals surface area contributed by atoms with Gasteiger partial charge in [-0.25, -0.2) is 5.43 Å². The van der Waals surface area contributed by atoms with Crippen molar-refractivity contribution < 1.29 is 14.6 Å². The smallest absolute Gasteiger partial charge is 0.277 e. The summed E-state index contributed by atoms with van der Waals surface area (Å²) in [6.45, 7) is 1.57. The van der Waals surface area contributed by atoms with Crippen molar-refractivity contribution in [2.24, 2.45) is 5.10 Å². The molecule has 0 spiro atoms. The fourth-order valence-corrected chi connectivity index (χ4v) is 2.87. The van der Waals surface area contributed by atoms with Crippen molar-refractivity contribution >= 4 is 38.3 Å². The minimum atomic E-state index is -0.385. The van der Waals surface area contributed by atoms with Crippen LogP contribution >= 0.6 is 15.9 Å². The molecule has 26 heavy (non-hydrogen) atoms. The average Bonchev–Trinajstić information content (AvgIpc) is 2.65. The molecule has 0 radical (unpaired) electrons. The standard InChI is InChI=1S/C20H17BrN2O3/c1-13(17-10-9-14-5-2-3-8-18(14)20(17)25)22-23-19(24)12-26-16-7-4-6-15(21)11-16/h2-11,25H,12H2,1H3,(H,23,24)/b22-13+. The van der Waals surface area contributed by atoms with Crippen molar-refractivity contribution in [3.63, 3.8) is 0 Å². The van der Waals surface area contributed by atoms with Gasteiger partial charge in [0.25, 0.3) is 5.91 Å². The molecule has 0 fully saturated rings. The number of amides is 1. The molecule has 3 rings (SSSR count). The number of hydrazone groups is 1. The summed E-state index contributed by atoms with van der Waals surface area (Å²) < 4.78 is 6.28. The highest BCUT2D eigenvalue weighted by molar-refractivity contribution is 9.10. The third kappa shape index (κ3) is 4.21. The number of carbonyl (C=O) groups is 1. The quantitative estimate of drug-likeness (QED) is 0.486. The summed E-state index contributed by atoms with van der Waals surface area (Å²) >= 11 is 3.34. The highest BCUT2D eigenvalue weighted by atomic mass is 79.9. The maximum absolute atomic E-state index is 11.9. The molecule has 0 aliphatic carbocycles. The van der Waals surface area contributed by atoms with Crippen LogP contribution in [0.3, 0.4) is 0 Å². The fourth-order valence-electron chi connectivity index (χ4n) is 2.49. The van der Waals surface area contributed by atoms with Crippen LogP contribution in [-0.2, 0) is 4.79 Å². The predicted octanol–water partition coefficient (Wildman–Crippen LogP) is 4.23. The average molecular weight is 413 g/mol. The first-order valence-corrected chi connectivity index (χ1v) is 8.76. The Kier molecular flexibility index (Phi) is 5.53. The Labute approximate surface area is 159 Å². The van der Waals surface area contributed by atoms with Crippen molar-refractivity contribution in [1.29, 1.82) is 0 Å². The van der Waals surface area contributed by atoms with Gasteiger partial charge in [-0.15, -0.1) is 0 Å². The van der Waals surface area contributed by atoms with Crippen LogP contribution in [0.25, 0.3) is 10.8 Å². The lowest BCUT2D eigenvalue weighted by Gasteiger charge is -2.09. The Bertz CT molecular complexity index is 986. The van der Waals surface area contributed by atoms with E-state index in [1.807, 2.05) is 42.5 Å². The van der Waals surface area contributed by atoms with E-state index in [0.29, 0.717) is 17.0 Å². The van der Waals surface area contributed by atoms with Crippen molar-refractivity contribution in [2.75, 3.05) is 6.61 Å². The SMILES string of the molecule is C/C(=N\NC(=O)COc1cccc(Br)c1)c1ccc2ccccc2c1O. The molecular formula is C20H17BrN2O3. The van der Waals surface area contributed by atoms with Crippen LogP contribution < -0.4 is 10.2 Å². The minimum Gasteiger partial charge on any atom is -0.507 e. The predicted molar refractivity (Wildman–Crippen MR) is 106 cm³/mol. The number of nitrogens with one attached hydrogen (secondary N) is 1. The number of hydrogen-bond donors (Lipinski definition) is 2. The lowest BCUT2D eigenvalue weighted by atomic mass is 10.0. The molecule has 0 heterocycles. The van der Waals surface area contributed by atoms with Gasteiger partial charge in [0.15, 0.2) is 6.61 Å². The summed E-state index contributed by atoms with van der Waals surface area (Å²) in [5, 5.41) is 16.2. The topological polar surface area (TPSA) is 70.9 Å². The molecule has 2 N–H and O–H groups in total. The van der Waals surface area contributed by atoms with Crippen molar-refractivity contribution in [2.45, 2.75) is 6.92 Å². The van der Waals surface area contributed by atoms with E-state index in [1.165, 1.54) is 0 Å². The second-order valence-electron chi connectivity index (χ2n) is 5.66. The molecular weight excluding hydrogens is 396 g/mol. The van der Waals surface area contributed by atoms with Gasteiger partial charge in [-0.05, 0) is 36.6 Å². The molecule has 0 saturated heterocycles. The van der Waals surface area contributed by atoms with Gasteiger partial charge in [-0.1, -0.05) is 52.3 Å². The molecule has 0 unspecified atom stereocenters. The molecule has 1 amide bonds. The molecule has 0 aromatic heterocycles. The van der Waals surface area contributed by atoms with Gasteiger partial charge in [0.1, 0.15) is 11.5 Å². The zero-order valence-electron chi connectivity index (χ0n) is 14.1. The summed E-state index contributed by atoms with van der Waals surface area (Å²) in [5.41, 5.74) is 3.51. The van der Waals surface area contributed by atoms with Crippen LogP contribution in [0.2, 0.25) is 0 Å². The normalized spacial score (nSPS) is 11.4. The van der Waals surface area contributed by atoms with E-state index < -0.39 is 0 Å².